The van der Waals surface area contributed by atoms with Crippen LogP contribution in [0.1, 0.15) is 50.4 Å². The molecule has 0 radical (unpaired) electrons. The van der Waals surface area contributed by atoms with E-state index < -0.39 is 0 Å². The molecule has 4 nitrogen and oxygen atoms in total. The van der Waals surface area contributed by atoms with Crippen molar-refractivity contribution < 1.29 is 14.3 Å². The average molecular weight is 355 g/mol. The molecule has 0 aliphatic heterocycles. The van der Waals surface area contributed by atoms with Gasteiger partial charge in [0.05, 0.1) is 13.2 Å². The number of amides is 1. The molecule has 2 rings (SSSR count). The van der Waals surface area contributed by atoms with Gasteiger partial charge in [0.15, 0.2) is 0 Å². The topological polar surface area (TPSA) is 47.6 Å². The molecule has 1 amide bonds. The number of carbonyl (C=O) groups excluding carboxylic acids is 1. The smallest absolute Gasteiger partial charge is 0.255 e. The van der Waals surface area contributed by atoms with Crippen LogP contribution in [0, 0.1) is 5.92 Å². The van der Waals surface area contributed by atoms with Crippen LogP contribution < -0.4 is 14.8 Å². The predicted molar refractivity (Wildman–Crippen MR) is 106 cm³/mol. The second kappa shape index (κ2) is 10.5. The number of benzene rings is 2. The number of carbonyl (C=O) groups is 1. The molecule has 0 atom stereocenters. The SMILES string of the molecule is CCCCOc1cccc(NC(=O)c2cccc(OCCC(C)C)c2)c1. The van der Waals surface area contributed by atoms with Crippen molar-refractivity contribution in [1.82, 2.24) is 0 Å². The van der Waals surface area contributed by atoms with E-state index in [1.54, 1.807) is 12.1 Å². The van der Waals surface area contributed by atoms with Gasteiger partial charge in [-0.25, -0.2) is 0 Å². The van der Waals surface area contributed by atoms with E-state index in [0.29, 0.717) is 24.7 Å². The van der Waals surface area contributed by atoms with Crippen molar-refractivity contribution in [1.29, 1.82) is 0 Å². The van der Waals surface area contributed by atoms with Crippen molar-refractivity contribution in [3.8, 4) is 11.5 Å². The zero-order chi connectivity index (χ0) is 18.8. The number of ether oxygens (including phenoxy) is 2. The fourth-order valence-electron chi connectivity index (χ4n) is 2.34. The quantitative estimate of drug-likeness (QED) is 0.569. The molecule has 1 N–H and O–H groups in total. The van der Waals surface area contributed by atoms with Crippen LogP contribution in [0.4, 0.5) is 5.69 Å². The van der Waals surface area contributed by atoms with Gasteiger partial charge >= 0.3 is 0 Å². The first-order valence-corrected chi connectivity index (χ1v) is 9.35. The van der Waals surface area contributed by atoms with Crippen LogP contribution in [0.2, 0.25) is 0 Å². The Morgan fingerprint density at radius 2 is 1.69 bits per heavy atom. The molecule has 0 bridgehead atoms. The van der Waals surface area contributed by atoms with Gasteiger partial charge in [0.2, 0.25) is 0 Å². The van der Waals surface area contributed by atoms with Crippen LogP contribution in [0.25, 0.3) is 0 Å². The summed E-state index contributed by atoms with van der Waals surface area (Å²) in [6.45, 7) is 7.78. The highest BCUT2D eigenvalue weighted by atomic mass is 16.5. The largest absolute Gasteiger partial charge is 0.494 e. The third-order valence-corrected chi connectivity index (χ3v) is 3.92. The van der Waals surface area contributed by atoms with E-state index in [2.05, 4.69) is 26.1 Å². The summed E-state index contributed by atoms with van der Waals surface area (Å²) in [7, 11) is 0. The van der Waals surface area contributed by atoms with Crippen molar-refractivity contribution in [2.45, 2.75) is 40.0 Å². The van der Waals surface area contributed by atoms with E-state index in [4.69, 9.17) is 9.47 Å². The molecular formula is C22H29NO3. The van der Waals surface area contributed by atoms with Gasteiger partial charge < -0.3 is 14.8 Å². The van der Waals surface area contributed by atoms with Crippen LogP contribution in [-0.4, -0.2) is 19.1 Å². The van der Waals surface area contributed by atoms with Crippen LogP contribution in [-0.2, 0) is 0 Å². The molecule has 4 heteroatoms. The van der Waals surface area contributed by atoms with Crippen molar-refractivity contribution >= 4 is 11.6 Å². The van der Waals surface area contributed by atoms with E-state index in [0.717, 1.165) is 36.4 Å². The van der Waals surface area contributed by atoms with Crippen molar-refractivity contribution in [2.24, 2.45) is 5.92 Å². The standard InChI is InChI=1S/C22H29NO3/c1-4-5-13-25-21-11-7-9-19(16-21)23-22(24)18-8-6-10-20(15-18)26-14-12-17(2)3/h6-11,15-17H,4-5,12-14H2,1-3H3,(H,23,24). The average Bonchev–Trinajstić information content (AvgIpc) is 2.62. The Bertz CT molecular complexity index is 697. The van der Waals surface area contributed by atoms with Crippen molar-refractivity contribution in [3.63, 3.8) is 0 Å². The lowest BCUT2D eigenvalue weighted by Crippen LogP contribution is -2.12. The number of unbranched alkanes of at least 4 members (excludes halogenated alkanes) is 1. The molecule has 2 aromatic carbocycles. The summed E-state index contributed by atoms with van der Waals surface area (Å²) in [5.41, 5.74) is 1.29. The molecule has 0 aromatic heterocycles. The van der Waals surface area contributed by atoms with Crippen LogP contribution in [0.3, 0.4) is 0 Å². The number of rotatable bonds is 10. The predicted octanol–water partition coefficient (Wildman–Crippen LogP) is 5.54. The summed E-state index contributed by atoms with van der Waals surface area (Å²) >= 11 is 0. The molecule has 2 aromatic rings. The zero-order valence-corrected chi connectivity index (χ0v) is 16.0. The second-order valence-corrected chi connectivity index (χ2v) is 6.74. The molecule has 140 valence electrons. The van der Waals surface area contributed by atoms with Gasteiger partial charge in [-0.15, -0.1) is 0 Å². The van der Waals surface area contributed by atoms with E-state index >= 15 is 0 Å². The highest BCUT2D eigenvalue weighted by Gasteiger charge is 2.08. The maximum atomic E-state index is 12.5. The summed E-state index contributed by atoms with van der Waals surface area (Å²) in [6.07, 6.45) is 3.09. The Kier molecular flexibility index (Phi) is 8.00. The minimum absolute atomic E-state index is 0.162. The van der Waals surface area contributed by atoms with Gasteiger partial charge in [-0.1, -0.05) is 39.3 Å². The Morgan fingerprint density at radius 1 is 1.00 bits per heavy atom. The van der Waals surface area contributed by atoms with Crippen molar-refractivity contribution in [3.05, 3.63) is 54.1 Å². The highest BCUT2D eigenvalue weighted by Crippen LogP contribution is 2.20. The fraction of sp³-hybridized carbons (Fsp3) is 0.409. The van der Waals surface area contributed by atoms with E-state index in [1.165, 1.54) is 0 Å². The van der Waals surface area contributed by atoms with Crippen LogP contribution in [0.5, 0.6) is 11.5 Å². The van der Waals surface area contributed by atoms with Gasteiger partial charge in [0, 0.05) is 17.3 Å². The van der Waals surface area contributed by atoms with Gasteiger partial charge in [0.1, 0.15) is 11.5 Å². The minimum atomic E-state index is -0.162. The molecule has 0 heterocycles. The molecule has 0 saturated carbocycles. The van der Waals surface area contributed by atoms with Gasteiger partial charge in [-0.2, -0.15) is 0 Å². The monoisotopic (exact) mass is 355 g/mol. The Morgan fingerprint density at radius 3 is 2.42 bits per heavy atom. The molecule has 26 heavy (non-hydrogen) atoms. The first-order valence-electron chi connectivity index (χ1n) is 9.35. The van der Waals surface area contributed by atoms with Crippen LogP contribution in [0.15, 0.2) is 48.5 Å². The number of nitrogens with one attached hydrogen (secondary N) is 1. The summed E-state index contributed by atoms with van der Waals surface area (Å²) in [5.74, 6) is 1.91. The van der Waals surface area contributed by atoms with E-state index in [1.807, 2.05) is 36.4 Å². The Balaban J connectivity index is 1.95. The number of anilines is 1. The molecule has 0 spiro atoms. The molecule has 0 unspecified atom stereocenters. The lowest BCUT2D eigenvalue weighted by molar-refractivity contribution is 0.102. The highest BCUT2D eigenvalue weighted by molar-refractivity contribution is 6.04. The van der Waals surface area contributed by atoms with E-state index in [-0.39, 0.29) is 5.91 Å². The zero-order valence-electron chi connectivity index (χ0n) is 16.0. The summed E-state index contributed by atoms with van der Waals surface area (Å²) < 4.78 is 11.4. The molecule has 0 fully saturated rings. The first-order chi connectivity index (χ1) is 12.6. The maximum absolute atomic E-state index is 12.5. The maximum Gasteiger partial charge on any atom is 0.255 e. The lowest BCUT2D eigenvalue weighted by Gasteiger charge is -2.11. The summed E-state index contributed by atoms with van der Waals surface area (Å²) in [6, 6.07) is 14.7. The second-order valence-electron chi connectivity index (χ2n) is 6.74. The summed E-state index contributed by atoms with van der Waals surface area (Å²) in [4.78, 5) is 12.5. The summed E-state index contributed by atoms with van der Waals surface area (Å²) in [5, 5.41) is 2.92. The van der Waals surface area contributed by atoms with Gasteiger partial charge in [0.25, 0.3) is 5.91 Å². The van der Waals surface area contributed by atoms with Gasteiger partial charge in [-0.05, 0) is 49.1 Å². The molecule has 0 aliphatic rings. The number of hydrogen-bond acceptors (Lipinski definition) is 3. The Hall–Kier alpha value is -2.49. The molecule has 0 saturated heterocycles. The normalized spacial score (nSPS) is 10.6. The lowest BCUT2D eigenvalue weighted by atomic mass is 10.1. The van der Waals surface area contributed by atoms with Crippen molar-refractivity contribution in [2.75, 3.05) is 18.5 Å². The van der Waals surface area contributed by atoms with Gasteiger partial charge in [-0.3, -0.25) is 4.79 Å². The third-order valence-electron chi connectivity index (χ3n) is 3.92. The molecule has 0 aliphatic carbocycles. The fourth-order valence-corrected chi connectivity index (χ4v) is 2.34. The van der Waals surface area contributed by atoms with E-state index in [9.17, 15) is 4.79 Å². The first kappa shape index (κ1) is 19.8. The third kappa shape index (κ3) is 6.79. The minimum Gasteiger partial charge on any atom is -0.494 e. The Labute approximate surface area is 156 Å². The molecular weight excluding hydrogens is 326 g/mol. The van der Waals surface area contributed by atoms with Crippen LogP contribution >= 0.6 is 0 Å². The number of hydrogen-bond donors (Lipinski definition) is 1.